The second-order valence-electron chi connectivity index (χ2n) is 7.19. The van der Waals surface area contributed by atoms with Crippen molar-refractivity contribution < 1.29 is 13.2 Å². The number of nitrogens with zero attached hydrogens (tertiary/aromatic N) is 1. The minimum Gasteiger partial charge on any atom is -0.326 e. The van der Waals surface area contributed by atoms with E-state index >= 15 is 0 Å². The van der Waals surface area contributed by atoms with E-state index in [9.17, 15) is 13.2 Å². The van der Waals surface area contributed by atoms with Gasteiger partial charge in [-0.3, -0.25) is 9.10 Å². The van der Waals surface area contributed by atoms with Crippen LogP contribution in [0.25, 0.3) is 0 Å². The van der Waals surface area contributed by atoms with Gasteiger partial charge in [0.1, 0.15) is 0 Å². The standard InChI is InChI=1S/C24H26N2O3S/c1-4-20-7-5-6-8-23(20)25-24(27)17-19-11-13-21(14-12-19)26(3)30(28,29)22-15-9-18(2)10-16-22/h5-16H,4,17H2,1-3H3,(H,25,27). The van der Waals surface area contributed by atoms with E-state index in [1.807, 2.05) is 38.1 Å². The average Bonchev–Trinajstić information content (AvgIpc) is 2.74. The van der Waals surface area contributed by atoms with E-state index in [1.165, 1.54) is 11.4 Å². The Kier molecular flexibility index (Phi) is 6.57. The van der Waals surface area contributed by atoms with E-state index in [2.05, 4.69) is 5.32 Å². The number of nitrogens with one attached hydrogen (secondary N) is 1. The summed E-state index contributed by atoms with van der Waals surface area (Å²) in [5, 5.41) is 2.95. The molecule has 156 valence electrons. The van der Waals surface area contributed by atoms with Crippen LogP contribution in [0, 0.1) is 6.92 Å². The first-order valence-electron chi connectivity index (χ1n) is 9.83. The Bertz CT molecular complexity index is 1120. The maximum atomic E-state index is 12.8. The SMILES string of the molecule is CCc1ccccc1NC(=O)Cc1ccc(N(C)S(=O)(=O)c2ccc(C)cc2)cc1. The van der Waals surface area contributed by atoms with Gasteiger partial charge < -0.3 is 5.32 Å². The third kappa shape index (κ3) is 4.89. The van der Waals surface area contributed by atoms with Gasteiger partial charge in [-0.25, -0.2) is 8.42 Å². The van der Waals surface area contributed by atoms with Crippen LogP contribution in [0.1, 0.15) is 23.6 Å². The lowest BCUT2D eigenvalue weighted by Crippen LogP contribution is -2.26. The van der Waals surface area contributed by atoms with Crippen LogP contribution in [0.3, 0.4) is 0 Å². The van der Waals surface area contributed by atoms with Crippen LogP contribution in [0.4, 0.5) is 11.4 Å². The molecule has 0 saturated carbocycles. The smallest absolute Gasteiger partial charge is 0.264 e. The number of aryl methyl sites for hydroxylation is 2. The van der Waals surface area contributed by atoms with Crippen LogP contribution in [0.15, 0.2) is 77.7 Å². The van der Waals surface area contributed by atoms with Crippen LogP contribution < -0.4 is 9.62 Å². The van der Waals surface area contributed by atoms with Crippen molar-refractivity contribution in [2.75, 3.05) is 16.7 Å². The molecule has 0 aromatic heterocycles. The molecule has 0 saturated heterocycles. The lowest BCUT2D eigenvalue weighted by molar-refractivity contribution is -0.115. The number of para-hydroxylation sites is 1. The van der Waals surface area contributed by atoms with E-state index in [-0.39, 0.29) is 17.2 Å². The van der Waals surface area contributed by atoms with Crippen molar-refractivity contribution in [2.24, 2.45) is 0 Å². The van der Waals surface area contributed by atoms with Gasteiger partial charge in [-0.05, 0) is 54.8 Å². The molecule has 3 aromatic carbocycles. The highest BCUT2D eigenvalue weighted by Crippen LogP contribution is 2.23. The number of carbonyl (C=O) groups excluding carboxylic acids is 1. The van der Waals surface area contributed by atoms with Gasteiger partial charge in [-0.1, -0.05) is 55.0 Å². The topological polar surface area (TPSA) is 66.5 Å². The van der Waals surface area contributed by atoms with Gasteiger partial charge in [0, 0.05) is 12.7 Å². The van der Waals surface area contributed by atoms with Gasteiger partial charge in [-0.2, -0.15) is 0 Å². The summed E-state index contributed by atoms with van der Waals surface area (Å²) in [6, 6.07) is 21.5. The van der Waals surface area contributed by atoms with Crippen molar-refractivity contribution in [3.63, 3.8) is 0 Å². The maximum Gasteiger partial charge on any atom is 0.264 e. The van der Waals surface area contributed by atoms with Crippen molar-refractivity contribution in [1.29, 1.82) is 0 Å². The first-order valence-corrected chi connectivity index (χ1v) is 11.3. The number of hydrogen-bond acceptors (Lipinski definition) is 3. The van der Waals surface area contributed by atoms with E-state index in [4.69, 9.17) is 0 Å². The molecule has 0 spiro atoms. The molecule has 6 heteroatoms. The van der Waals surface area contributed by atoms with E-state index < -0.39 is 10.0 Å². The third-order valence-electron chi connectivity index (χ3n) is 5.02. The number of hydrogen-bond donors (Lipinski definition) is 1. The molecule has 0 unspecified atom stereocenters. The summed E-state index contributed by atoms with van der Waals surface area (Å²) < 4.78 is 26.9. The fourth-order valence-electron chi connectivity index (χ4n) is 3.16. The zero-order valence-corrected chi connectivity index (χ0v) is 18.2. The Balaban J connectivity index is 1.69. The molecule has 0 aliphatic carbocycles. The normalized spacial score (nSPS) is 11.2. The molecule has 5 nitrogen and oxygen atoms in total. The Hall–Kier alpha value is -3.12. The minimum absolute atomic E-state index is 0.107. The summed E-state index contributed by atoms with van der Waals surface area (Å²) in [6.45, 7) is 3.96. The first-order chi connectivity index (χ1) is 14.3. The van der Waals surface area contributed by atoms with Gasteiger partial charge in [-0.15, -0.1) is 0 Å². The maximum absolute atomic E-state index is 12.8. The zero-order valence-electron chi connectivity index (χ0n) is 17.4. The summed E-state index contributed by atoms with van der Waals surface area (Å²) in [6.07, 6.45) is 1.06. The van der Waals surface area contributed by atoms with E-state index in [1.54, 1.807) is 48.5 Å². The monoisotopic (exact) mass is 422 g/mol. The molecule has 0 aliphatic rings. The molecule has 30 heavy (non-hydrogen) atoms. The van der Waals surface area contributed by atoms with Crippen molar-refractivity contribution in [2.45, 2.75) is 31.6 Å². The number of anilines is 2. The summed E-state index contributed by atoms with van der Waals surface area (Å²) in [5.41, 5.74) is 4.26. The zero-order chi connectivity index (χ0) is 21.7. The fraction of sp³-hybridized carbons (Fsp3) is 0.208. The quantitative estimate of drug-likeness (QED) is 0.607. The Morgan fingerprint density at radius 3 is 2.20 bits per heavy atom. The number of sulfonamides is 1. The summed E-state index contributed by atoms with van der Waals surface area (Å²) >= 11 is 0. The molecule has 3 aromatic rings. The van der Waals surface area contributed by atoms with Crippen LogP contribution in [0.2, 0.25) is 0 Å². The van der Waals surface area contributed by atoms with Crippen molar-refractivity contribution >= 4 is 27.3 Å². The van der Waals surface area contributed by atoms with Crippen molar-refractivity contribution in [3.05, 3.63) is 89.5 Å². The van der Waals surface area contributed by atoms with Gasteiger partial charge >= 0.3 is 0 Å². The second-order valence-corrected chi connectivity index (χ2v) is 9.16. The molecule has 0 aliphatic heterocycles. The highest BCUT2D eigenvalue weighted by Gasteiger charge is 2.21. The lowest BCUT2D eigenvalue weighted by Gasteiger charge is -2.20. The Morgan fingerprint density at radius 2 is 1.57 bits per heavy atom. The highest BCUT2D eigenvalue weighted by molar-refractivity contribution is 7.92. The molecular formula is C24H26N2O3S. The molecule has 0 atom stereocenters. The first kappa shape index (κ1) is 21.6. The van der Waals surface area contributed by atoms with Gasteiger partial charge in [0.15, 0.2) is 0 Å². The van der Waals surface area contributed by atoms with Crippen LogP contribution in [0.5, 0.6) is 0 Å². The van der Waals surface area contributed by atoms with Crippen molar-refractivity contribution in [1.82, 2.24) is 0 Å². The number of amides is 1. The molecule has 1 amide bonds. The molecule has 3 rings (SSSR count). The fourth-order valence-corrected chi connectivity index (χ4v) is 4.36. The molecule has 0 fully saturated rings. The van der Waals surface area contributed by atoms with E-state index in [0.717, 1.165) is 28.8 Å². The van der Waals surface area contributed by atoms with Crippen LogP contribution in [-0.4, -0.2) is 21.4 Å². The molecule has 0 bridgehead atoms. The minimum atomic E-state index is -3.64. The highest BCUT2D eigenvalue weighted by atomic mass is 32.2. The van der Waals surface area contributed by atoms with Crippen LogP contribution in [-0.2, 0) is 27.7 Å². The number of benzene rings is 3. The summed E-state index contributed by atoms with van der Waals surface area (Å²) in [5.74, 6) is -0.107. The second kappa shape index (κ2) is 9.13. The predicted molar refractivity (Wildman–Crippen MR) is 121 cm³/mol. The predicted octanol–water partition coefficient (Wildman–Crippen LogP) is 4.56. The Labute approximate surface area is 178 Å². The largest absolute Gasteiger partial charge is 0.326 e. The molecule has 0 heterocycles. The third-order valence-corrected chi connectivity index (χ3v) is 6.82. The molecule has 1 N–H and O–H groups in total. The number of carbonyl (C=O) groups is 1. The average molecular weight is 423 g/mol. The van der Waals surface area contributed by atoms with Crippen molar-refractivity contribution in [3.8, 4) is 0 Å². The van der Waals surface area contributed by atoms with Gasteiger partial charge in [0.2, 0.25) is 5.91 Å². The lowest BCUT2D eigenvalue weighted by atomic mass is 10.1. The molecule has 0 radical (unpaired) electrons. The van der Waals surface area contributed by atoms with Crippen LogP contribution >= 0.6 is 0 Å². The van der Waals surface area contributed by atoms with Gasteiger partial charge in [0.05, 0.1) is 17.0 Å². The summed E-state index contributed by atoms with van der Waals surface area (Å²) in [4.78, 5) is 12.7. The number of rotatable bonds is 7. The van der Waals surface area contributed by atoms with E-state index in [0.29, 0.717) is 5.69 Å². The molecular weight excluding hydrogens is 396 g/mol. The van der Waals surface area contributed by atoms with Gasteiger partial charge in [0.25, 0.3) is 10.0 Å². The summed E-state index contributed by atoms with van der Waals surface area (Å²) in [7, 11) is -2.11. The Morgan fingerprint density at radius 1 is 0.933 bits per heavy atom.